The van der Waals surface area contributed by atoms with Crippen molar-refractivity contribution < 1.29 is 4.79 Å². The van der Waals surface area contributed by atoms with E-state index >= 15 is 0 Å². The maximum Gasteiger partial charge on any atom is 0.235 e. The predicted octanol–water partition coefficient (Wildman–Crippen LogP) is 1.25. The Morgan fingerprint density at radius 3 is 2.92 bits per heavy atom. The van der Waals surface area contributed by atoms with Gasteiger partial charge in [-0.3, -0.25) is 9.78 Å². The van der Waals surface area contributed by atoms with Gasteiger partial charge in [-0.1, -0.05) is 6.07 Å². The van der Waals surface area contributed by atoms with Crippen LogP contribution in [0.4, 0.5) is 0 Å². The number of pyridine rings is 1. The monoisotopic (exact) mass is 198 g/mol. The molecule has 1 aromatic rings. The van der Waals surface area contributed by atoms with Crippen LogP contribution in [-0.4, -0.2) is 16.8 Å². The van der Waals surface area contributed by atoms with E-state index in [0.717, 1.165) is 11.3 Å². The van der Waals surface area contributed by atoms with Gasteiger partial charge < -0.3 is 5.32 Å². The minimum atomic E-state index is -0.165. The summed E-state index contributed by atoms with van der Waals surface area (Å²) in [5.41, 5.74) is 1.94. The van der Waals surface area contributed by atoms with Gasteiger partial charge in [0.15, 0.2) is 0 Å². The summed E-state index contributed by atoms with van der Waals surface area (Å²) in [5.74, 6) is -0.165. The lowest BCUT2D eigenvalue weighted by Crippen LogP contribution is -2.23. The fraction of sp³-hybridized carbons (Fsp3) is 0.333. The Morgan fingerprint density at radius 2 is 2.38 bits per heavy atom. The summed E-state index contributed by atoms with van der Waals surface area (Å²) in [6, 6.07) is 3.83. The molecule has 0 aliphatic rings. The quantitative estimate of drug-likeness (QED) is 0.743. The lowest BCUT2D eigenvalue weighted by Gasteiger charge is -2.02. The molecule has 1 amide bonds. The Kier molecular flexibility index (Phi) is 3.71. The molecule has 0 unspecified atom stereocenters. The molecular weight excluding hydrogens is 188 g/mol. The molecule has 0 aromatic carbocycles. The van der Waals surface area contributed by atoms with Gasteiger partial charge in [-0.2, -0.15) is 0 Å². The summed E-state index contributed by atoms with van der Waals surface area (Å²) in [5, 5.41) is 2.66. The zero-order chi connectivity index (χ0) is 9.68. The second kappa shape index (κ2) is 4.82. The first kappa shape index (κ1) is 9.99. The number of alkyl halides is 1. The number of nitrogens with zero attached hydrogens (tertiary/aromatic N) is 1. The van der Waals surface area contributed by atoms with Crippen molar-refractivity contribution in [2.24, 2.45) is 0 Å². The zero-order valence-corrected chi connectivity index (χ0v) is 8.14. The number of carbonyl (C=O) groups excluding carboxylic acids is 1. The summed E-state index contributed by atoms with van der Waals surface area (Å²) in [6.07, 6.45) is 1.74. The third kappa shape index (κ3) is 3.42. The zero-order valence-electron chi connectivity index (χ0n) is 7.38. The van der Waals surface area contributed by atoms with Crippen LogP contribution in [0, 0.1) is 6.92 Å². The van der Waals surface area contributed by atoms with Gasteiger partial charge in [-0.25, -0.2) is 0 Å². The van der Waals surface area contributed by atoms with E-state index in [-0.39, 0.29) is 11.8 Å². The molecule has 13 heavy (non-hydrogen) atoms. The van der Waals surface area contributed by atoms with Gasteiger partial charge in [-0.05, 0) is 18.6 Å². The van der Waals surface area contributed by atoms with Crippen LogP contribution >= 0.6 is 11.6 Å². The minimum Gasteiger partial charge on any atom is -0.351 e. The Morgan fingerprint density at radius 1 is 1.62 bits per heavy atom. The minimum absolute atomic E-state index is 0.000704. The van der Waals surface area contributed by atoms with Gasteiger partial charge in [0.2, 0.25) is 5.91 Å². The third-order valence-corrected chi connectivity index (χ3v) is 1.83. The van der Waals surface area contributed by atoms with Crippen LogP contribution in [-0.2, 0) is 11.3 Å². The van der Waals surface area contributed by atoms with Crippen LogP contribution in [0.25, 0.3) is 0 Å². The predicted molar refractivity (Wildman–Crippen MR) is 51.5 cm³/mol. The van der Waals surface area contributed by atoms with E-state index in [1.54, 1.807) is 6.20 Å². The molecule has 1 heterocycles. The molecule has 0 saturated heterocycles. The molecule has 3 nitrogen and oxygen atoms in total. The first-order valence-corrected chi connectivity index (χ1v) is 4.50. The molecule has 0 saturated carbocycles. The average molecular weight is 199 g/mol. The Balaban J connectivity index is 2.46. The van der Waals surface area contributed by atoms with Crippen LogP contribution in [0.3, 0.4) is 0 Å². The fourth-order valence-electron chi connectivity index (χ4n) is 0.851. The lowest BCUT2D eigenvalue weighted by molar-refractivity contribution is -0.118. The van der Waals surface area contributed by atoms with Crippen molar-refractivity contribution in [3.05, 3.63) is 29.6 Å². The fourth-order valence-corrected chi connectivity index (χ4v) is 0.945. The highest BCUT2D eigenvalue weighted by Crippen LogP contribution is 1.98. The van der Waals surface area contributed by atoms with E-state index < -0.39 is 0 Å². The van der Waals surface area contributed by atoms with E-state index in [2.05, 4.69) is 10.3 Å². The van der Waals surface area contributed by atoms with Crippen molar-refractivity contribution in [3.8, 4) is 0 Å². The van der Waals surface area contributed by atoms with E-state index in [0.29, 0.717) is 6.54 Å². The Labute approximate surface area is 82.1 Å². The van der Waals surface area contributed by atoms with Crippen LogP contribution in [0.15, 0.2) is 18.3 Å². The molecule has 0 spiro atoms. The smallest absolute Gasteiger partial charge is 0.235 e. The molecule has 1 aromatic heterocycles. The number of carbonyl (C=O) groups is 1. The number of halogens is 1. The first-order chi connectivity index (χ1) is 6.22. The van der Waals surface area contributed by atoms with Gasteiger partial charge in [-0.15, -0.1) is 11.6 Å². The van der Waals surface area contributed by atoms with Gasteiger partial charge in [0.1, 0.15) is 5.88 Å². The van der Waals surface area contributed by atoms with E-state index in [1.165, 1.54) is 0 Å². The summed E-state index contributed by atoms with van der Waals surface area (Å²) in [6.45, 7) is 2.40. The molecule has 1 N–H and O–H groups in total. The first-order valence-electron chi connectivity index (χ1n) is 3.96. The summed E-state index contributed by atoms with van der Waals surface area (Å²) in [4.78, 5) is 14.9. The van der Waals surface area contributed by atoms with Crippen molar-refractivity contribution in [2.45, 2.75) is 13.5 Å². The standard InChI is InChI=1S/C9H11ClN2O/c1-7-2-3-8(5-11-7)6-12-9(13)4-10/h2-3,5H,4,6H2,1H3,(H,12,13). The van der Waals surface area contributed by atoms with Gasteiger partial charge in [0.05, 0.1) is 0 Å². The van der Waals surface area contributed by atoms with Crippen LogP contribution in [0.1, 0.15) is 11.3 Å². The molecule has 4 heteroatoms. The van der Waals surface area contributed by atoms with Crippen molar-refractivity contribution >= 4 is 17.5 Å². The lowest BCUT2D eigenvalue weighted by atomic mass is 10.2. The van der Waals surface area contributed by atoms with E-state index in [9.17, 15) is 4.79 Å². The maximum atomic E-state index is 10.8. The number of hydrogen-bond donors (Lipinski definition) is 1. The van der Waals surface area contributed by atoms with Crippen LogP contribution in [0.2, 0.25) is 0 Å². The van der Waals surface area contributed by atoms with E-state index in [4.69, 9.17) is 11.6 Å². The molecule has 0 aliphatic heterocycles. The number of aryl methyl sites for hydroxylation is 1. The van der Waals surface area contributed by atoms with Crippen molar-refractivity contribution in [3.63, 3.8) is 0 Å². The van der Waals surface area contributed by atoms with Crippen molar-refractivity contribution in [1.82, 2.24) is 10.3 Å². The highest BCUT2D eigenvalue weighted by molar-refractivity contribution is 6.27. The van der Waals surface area contributed by atoms with Gasteiger partial charge >= 0.3 is 0 Å². The van der Waals surface area contributed by atoms with Crippen molar-refractivity contribution in [2.75, 3.05) is 5.88 Å². The largest absolute Gasteiger partial charge is 0.351 e. The third-order valence-electron chi connectivity index (χ3n) is 1.58. The maximum absolute atomic E-state index is 10.8. The Bertz CT molecular complexity index is 284. The van der Waals surface area contributed by atoms with Gasteiger partial charge in [0, 0.05) is 18.4 Å². The molecule has 0 fully saturated rings. The number of nitrogens with one attached hydrogen (secondary N) is 1. The normalized spacial score (nSPS) is 9.69. The number of aromatic nitrogens is 1. The SMILES string of the molecule is Cc1ccc(CNC(=O)CCl)cn1. The molecule has 70 valence electrons. The van der Waals surface area contributed by atoms with E-state index in [1.807, 2.05) is 19.1 Å². The molecular formula is C9H11ClN2O. The summed E-state index contributed by atoms with van der Waals surface area (Å²) >= 11 is 5.32. The van der Waals surface area contributed by atoms with Gasteiger partial charge in [0.25, 0.3) is 0 Å². The number of amides is 1. The average Bonchev–Trinajstić information content (AvgIpc) is 2.16. The second-order valence-electron chi connectivity index (χ2n) is 2.72. The van der Waals surface area contributed by atoms with Crippen LogP contribution in [0.5, 0.6) is 0 Å². The summed E-state index contributed by atoms with van der Waals surface area (Å²) in [7, 11) is 0. The van der Waals surface area contributed by atoms with Crippen molar-refractivity contribution in [1.29, 1.82) is 0 Å². The number of hydrogen-bond acceptors (Lipinski definition) is 2. The second-order valence-corrected chi connectivity index (χ2v) is 2.99. The number of rotatable bonds is 3. The highest BCUT2D eigenvalue weighted by atomic mass is 35.5. The molecule has 0 radical (unpaired) electrons. The van der Waals surface area contributed by atoms with Crippen LogP contribution < -0.4 is 5.32 Å². The molecule has 0 bridgehead atoms. The molecule has 0 atom stereocenters. The summed E-state index contributed by atoms with van der Waals surface area (Å²) < 4.78 is 0. The topological polar surface area (TPSA) is 42.0 Å². The molecule has 1 rings (SSSR count). The Hall–Kier alpha value is -1.09. The molecule has 0 aliphatic carbocycles. The highest BCUT2D eigenvalue weighted by Gasteiger charge is 1.97.